The first-order valence-electron chi connectivity index (χ1n) is 16.5. The summed E-state index contributed by atoms with van der Waals surface area (Å²) in [6.45, 7) is 5.55. The first-order chi connectivity index (χ1) is 22.8. The van der Waals surface area contributed by atoms with Gasteiger partial charge in [0, 0.05) is 58.9 Å². The molecule has 1 aliphatic heterocycles. The van der Waals surface area contributed by atoms with Crippen LogP contribution in [0, 0.1) is 5.92 Å². The SMILES string of the molecule is CCC(=O)N/C(=C/c1ccc(CNC(=O)[C@@H](NC(=O)c2ccnn2C)C2CCCC2)cc1)C(=O)N1CCN(Cc2ccccc2)CC1. The van der Waals surface area contributed by atoms with Crippen LogP contribution < -0.4 is 16.0 Å². The van der Waals surface area contributed by atoms with Crippen LogP contribution in [-0.2, 0) is 34.5 Å². The predicted molar refractivity (Wildman–Crippen MR) is 179 cm³/mol. The molecule has 2 aromatic carbocycles. The fourth-order valence-corrected chi connectivity index (χ4v) is 6.21. The van der Waals surface area contributed by atoms with E-state index in [1.165, 1.54) is 10.2 Å². The van der Waals surface area contributed by atoms with Gasteiger partial charge in [-0.2, -0.15) is 5.10 Å². The maximum absolute atomic E-state index is 13.5. The quantitative estimate of drug-likeness (QED) is 0.261. The van der Waals surface area contributed by atoms with Gasteiger partial charge in [0.15, 0.2) is 0 Å². The molecule has 0 bridgehead atoms. The summed E-state index contributed by atoms with van der Waals surface area (Å²) in [7, 11) is 1.70. The van der Waals surface area contributed by atoms with E-state index in [1.54, 1.807) is 37.2 Å². The highest BCUT2D eigenvalue weighted by Crippen LogP contribution is 2.28. The van der Waals surface area contributed by atoms with Crippen LogP contribution in [0.5, 0.6) is 0 Å². The maximum Gasteiger partial charge on any atom is 0.270 e. The average Bonchev–Trinajstić information content (AvgIpc) is 3.79. The lowest BCUT2D eigenvalue weighted by atomic mass is 9.97. The number of hydrogen-bond donors (Lipinski definition) is 3. The Kier molecular flexibility index (Phi) is 11.6. The van der Waals surface area contributed by atoms with E-state index in [9.17, 15) is 19.2 Å². The zero-order valence-electron chi connectivity index (χ0n) is 27.3. The molecule has 2 aliphatic rings. The summed E-state index contributed by atoms with van der Waals surface area (Å²) >= 11 is 0. The van der Waals surface area contributed by atoms with Crippen molar-refractivity contribution in [3.63, 3.8) is 0 Å². The van der Waals surface area contributed by atoms with Gasteiger partial charge in [-0.05, 0) is 47.6 Å². The maximum atomic E-state index is 13.5. The minimum absolute atomic E-state index is 0.0841. The van der Waals surface area contributed by atoms with Gasteiger partial charge in [-0.25, -0.2) is 0 Å². The second kappa shape index (κ2) is 16.2. The fourth-order valence-electron chi connectivity index (χ4n) is 6.21. The summed E-state index contributed by atoms with van der Waals surface area (Å²) in [5.41, 5.74) is 3.53. The Hall–Kier alpha value is -4.77. The highest BCUT2D eigenvalue weighted by Gasteiger charge is 2.32. The van der Waals surface area contributed by atoms with Crippen molar-refractivity contribution in [2.45, 2.75) is 58.2 Å². The Labute approximate surface area is 276 Å². The third-order valence-corrected chi connectivity index (χ3v) is 8.99. The molecule has 2 fully saturated rings. The molecule has 5 rings (SSSR count). The van der Waals surface area contributed by atoms with Gasteiger partial charge in [0.25, 0.3) is 11.8 Å². The van der Waals surface area contributed by atoms with Crippen molar-refractivity contribution >= 4 is 29.7 Å². The van der Waals surface area contributed by atoms with Gasteiger partial charge in [0.2, 0.25) is 11.8 Å². The van der Waals surface area contributed by atoms with E-state index in [2.05, 4.69) is 38.1 Å². The van der Waals surface area contributed by atoms with Crippen molar-refractivity contribution in [3.8, 4) is 0 Å². The van der Waals surface area contributed by atoms with E-state index in [-0.39, 0.29) is 41.7 Å². The summed E-state index contributed by atoms with van der Waals surface area (Å²) in [4.78, 5) is 56.3. The van der Waals surface area contributed by atoms with Crippen LogP contribution in [0.15, 0.2) is 72.6 Å². The Morgan fingerprint density at radius 2 is 1.62 bits per heavy atom. The predicted octanol–water partition coefficient (Wildman–Crippen LogP) is 3.24. The van der Waals surface area contributed by atoms with Gasteiger partial charge in [-0.1, -0.05) is 74.4 Å². The molecule has 4 amide bonds. The Morgan fingerprint density at radius 1 is 0.915 bits per heavy atom. The molecular weight excluding hydrogens is 594 g/mol. The molecule has 1 aliphatic carbocycles. The number of carbonyl (C=O) groups excluding carboxylic acids is 4. The van der Waals surface area contributed by atoms with E-state index in [1.807, 2.05) is 42.5 Å². The molecule has 3 aromatic rings. The van der Waals surface area contributed by atoms with Crippen LogP contribution in [0.3, 0.4) is 0 Å². The number of amides is 4. The molecule has 248 valence electrons. The van der Waals surface area contributed by atoms with Crippen LogP contribution >= 0.6 is 0 Å². The first kappa shape index (κ1) is 33.6. The van der Waals surface area contributed by atoms with Crippen LogP contribution in [0.2, 0.25) is 0 Å². The Morgan fingerprint density at radius 3 is 2.26 bits per heavy atom. The second-order valence-corrected chi connectivity index (χ2v) is 12.3. The zero-order valence-corrected chi connectivity index (χ0v) is 27.3. The van der Waals surface area contributed by atoms with E-state index < -0.39 is 6.04 Å². The molecule has 1 saturated carbocycles. The van der Waals surface area contributed by atoms with Crippen LogP contribution in [0.25, 0.3) is 6.08 Å². The normalized spacial score (nSPS) is 16.5. The van der Waals surface area contributed by atoms with Crippen molar-refractivity contribution < 1.29 is 19.2 Å². The fraction of sp³-hybridized carbons (Fsp3) is 0.417. The molecule has 0 radical (unpaired) electrons. The number of piperazine rings is 1. The van der Waals surface area contributed by atoms with E-state index >= 15 is 0 Å². The highest BCUT2D eigenvalue weighted by molar-refractivity contribution is 6.01. The molecule has 1 aromatic heterocycles. The topological polar surface area (TPSA) is 129 Å². The van der Waals surface area contributed by atoms with Gasteiger partial charge in [-0.15, -0.1) is 0 Å². The third-order valence-electron chi connectivity index (χ3n) is 8.99. The Balaban J connectivity index is 1.19. The molecular formula is C36H45N7O4. The molecule has 1 atom stereocenters. The minimum Gasteiger partial charge on any atom is -0.350 e. The summed E-state index contributed by atoms with van der Waals surface area (Å²) in [6.07, 6.45) is 7.39. The monoisotopic (exact) mass is 639 g/mol. The van der Waals surface area contributed by atoms with E-state index in [4.69, 9.17) is 0 Å². The molecule has 11 nitrogen and oxygen atoms in total. The number of nitrogens with one attached hydrogen (secondary N) is 3. The first-order valence-corrected chi connectivity index (χ1v) is 16.5. The van der Waals surface area contributed by atoms with E-state index in [0.717, 1.165) is 56.4 Å². The van der Waals surface area contributed by atoms with Crippen molar-refractivity contribution in [2.75, 3.05) is 26.2 Å². The van der Waals surface area contributed by atoms with Gasteiger partial charge < -0.3 is 20.9 Å². The largest absolute Gasteiger partial charge is 0.350 e. The number of hydrogen-bond acceptors (Lipinski definition) is 6. The summed E-state index contributed by atoms with van der Waals surface area (Å²) < 4.78 is 1.49. The molecule has 47 heavy (non-hydrogen) atoms. The number of rotatable bonds is 12. The number of carbonyl (C=O) groups is 4. The van der Waals surface area contributed by atoms with Crippen LogP contribution in [0.1, 0.15) is 66.2 Å². The minimum atomic E-state index is -0.627. The standard InChI is InChI=1S/C36H45N7O4/c1-3-32(44)39-30(36(47)43-21-19-42(20-22-43)25-28-9-5-4-6-10-28)23-26-13-15-27(16-14-26)24-37-35(46)33(29-11-7-8-12-29)40-34(45)31-17-18-38-41(31)2/h4-6,9-10,13-18,23,29,33H,3,7-8,11-12,19-22,24-25H2,1-2H3,(H,37,46)(H,39,44)(H,40,45)/b30-23+/t33-/m0/s1. The molecule has 2 heterocycles. The number of aryl methyl sites for hydroxylation is 1. The van der Waals surface area contributed by atoms with Gasteiger partial charge >= 0.3 is 0 Å². The van der Waals surface area contributed by atoms with Gasteiger partial charge in [0.1, 0.15) is 17.4 Å². The third kappa shape index (κ3) is 9.16. The molecule has 11 heteroatoms. The molecule has 1 saturated heterocycles. The van der Waals surface area contributed by atoms with Crippen LogP contribution in [0.4, 0.5) is 0 Å². The zero-order chi connectivity index (χ0) is 33.2. The van der Waals surface area contributed by atoms with E-state index in [0.29, 0.717) is 25.3 Å². The van der Waals surface area contributed by atoms with Crippen LogP contribution in [-0.4, -0.2) is 75.4 Å². The lowest BCUT2D eigenvalue weighted by Gasteiger charge is -2.35. The molecule has 3 N–H and O–H groups in total. The number of nitrogens with zero attached hydrogens (tertiary/aromatic N) is 4. The number of aromatic nitrogens is 2. The summed E-state index contributed by atoms with van der Waals surface area (Å²) in [5, 5.41) is 12.8. The average molecular weight is 640 g/mol. The summed E-state index contributed by atoms with van der Waals surface area (Å²) in [6, 6.07) is 18.8. The lowest BCUT2D eigenvalue weighted by Crippen LogP contribution is -2.50. The van der Waals surface area contributed by atoms with Gasteiger partial charge in [-0.3, -0.25) is 28.8 Å². The number of benzene rings is 2. The van der Waals surface area contributed by atoms with Crippen molar-refractivity contribution in [1.82, 2.24) is 35.5 Å². The smallest absolute Gasteiger partial charge is 0.270 e. The highest BCUT2D eigenvalue weighted by atomic mass is 16.2. The molecule has 0 spiro atoms. The van der Waals surface area contributed by atoms with Crippen molar-refractivity contribution in [1.29, 1.82) is 0 Å². The van der Waals surface area contributed by atoms with Crippen molar-refractivity contribution in [3.05, 3.63) is 94.9 Å². The summed E-state index contributed by atoms with van der Waals surface area (Å²) in [5.74, 6) is -0.869. The lowest BCUT2D eigenvalue weighted by molar-refractivity contribution is -0.131. The second-order valence-electron chi connectivity index (χ2n) is 12.3. The Bertz CT molecular complexity index is 1550. The van der Waals surface area contributed by atoms with Crippen molar-refractivity contribution in [2.24, 2.45) is 13.0 Å². The van der Waals surface area contributed by atoms with Gasteiger partial charge in [0.05, 0.1) is 0 Å². The molecule has 0 unspecified atom stereocenters.